The molecule has 1 aromatic heterocycles. The SMILES string of the molecule is COc1ccc2nc3c(nc2c1)O[C@H]1CN(C(=O)[C@H](C(C)(C)C)NC(=O)O[C@@H]2C/C2=C/CCCC3)[C@H](C(=O)N[C@]2(C(=O)NS(=O)(=O)C3(C)CC3)C[C@H]2CC(F)F)[C@@H]1C. The minimum absolute atomic E-state index is 0.166. The van der Waals surface area contributed by atoms with E-state index in [0.717, 1.165) is 24.8 Å². The van der Waals surface area contributed by atoms with Crippen LogP contribution in [0.1, 0.15) is 91.7 Å². The van der Waals surface area contributed by atoms with E-state index in [9.17, 15) is 36.4 Å². The number of amides is 4. The van der Waals surface area contributed by atoms with Gasteiger partial charge in [-0.1, -0.05) is 33.8 Å². The molecule has 3 saturated carbocycles. The monoisotopic (exact) mass is 830 g/mol. The van der Waals surface area contributed by atoms with Gasteiger partial charge in [0.1, 0.15) is 41.3 Å². The van der Waals surface area contributed by atoms with Crippen molar-refractivity contribution in [1.29, 1.82) is 0 Å². The van der Waals surface area contributed by atoms with Crippen LogP contribution in [0.2, 0.25) is 0 Å². The molecule has 5 aliphatic rings. The minimum Gasteiger partial charge on any atom is -0.497 e. The van der Waals surface area contributed by atoms with Crippen LogP contribution in [-0.4, -0.2) is 102 Å². The lowest BCUT2D eigenvalue weighted by Crippen LogP contribution is -2.61. The molecule has 3 N–H and O–H groups in total. The number of fused-ring (bicyclic) bond motifs is 5. The number of alkyl halides is 2. The number of halogens is 2. The van der Waals surface area contributed by atoms with Crippen molar-refractivity contribution in [2.24, 2.45) is 17.3 Å². The van der Waals surface area contributed by atoms with Gasteiger partial charge < -0.3 is 29.7 Å². The first kappa shape index (κ1) is 41.5. The molecule has 3 heterocycles. The summed E-state index contributed by atoms with van der Waals surface area (Å²) in [6.45, 7) is 8.24. The largest absolute Gasteiger partial charge is 0.497 e. The minimum atomic E-state index is -4.19. The zero-order chi connectivity index (χ0) is 41.9. The Hall–Kier alpha value is -4.61. The topological polar surface area (TPSA) is 195 Å². The van der Waals surface area contributed by atoms with E-state index in [4.69, 9.17) is 24.2 Å². The molecule has 1 aromatic carbocycles. The van der Waals surface area contributed by atoms with Crippen molar-refractivity contribution in [3.63, 3.8) is 0 Å². The molecule has 0 radical (unpaired) electrons. The summed E-state index contributed by atoms with van der Waals surface area (Å²) >= 11 is 0. The number of rotatable bonds is 8. The Balaban J connectivity index is 1.25. The molecule has 0 spiro atoms. The highest BCUT2D eigenvalue weighted by Crippen LogP contribution is 2.49. The van der Waals surface area contributed by atoms with E-state index in [1.165, 1.54) is 18.9 Å². The molecular formula is C40H52F2N6O9S. The van der Waals surface area contributed by atoms with Gasteiger partial charge in [0.25, 0.3) is 5.91 Å². The van der Waals surface area contributed by atoms with Gasteiger partial charge in [-0.05, 0) is 80.9 Å². The smallest absolute Gasteiger partial charge is 0.408 e. The third kappa shape index (κ3) is 8.30. The summed E-state index contributed by atoms with van der Waals surface area (Å²) in [4.78, 5) is 67.4. The fraction of sp³-hybridized carbons (Fsp3) is 0.650. The van der Waals surface area contributed by atoms with E-state index in [-0.39, 0.29) is 18.8 Å². The molecule has 4 fully saturated rings. The summed E-state index contributed by atoms with van der Waals surface area (Å²) in [7, 11) is -2.65. The fourth-order valence-electron chi connectivity index (χ4n) is 7.99. The Labute approximate surface area is 336 Å². The molecule has 4 amide bonds. The number of alkyl carbamates (subject to hydrolysis) is 1. The molecule has 0 unspecified atom stereocenters. The van der Waals surface area contributed by atoms with E-state index in [1.54, 1.807) is 45.9 Å². The second-order valence-corrected chi connectivity index (χ2v) is 19.9. The number of benzene rings is 1. The molecule has 316 valence electrons. The first-order valence-corrected chi connectivity index (χ1v) is 21.4. The molecular weight excluding hydrogens is 779 g/mol. The van der Waals surface area contributed by atoms with Crippen LogP contribution in [-0.2, 0) is 35.6 Å². The number of nitrogens with one attached hydrogen (secondary N) is 3. The van der Waals surface area contributed by atoms with E-state index in [0.29, 0.717) is 48.2 Å². The van der Waals surface area contributed by atoms with Crippen LogP contribution in [0, 0.1) is 17.3 Å². The standard InChI is InChI=1S/C40H52F2N6O9S/c1-21-29-20-48(31(21)33(49)46-40(19-23(40)17-30(41)42)36(51)47-58(53,54)39(5)14-15-39)35(50)32(38(2,3)4)45-37(52)57-28-16-22(28)10-8-7-9-11-26-34(56-29)44-27-18-24(55-6)12-13-25(27)43-26/h10,12-13,18,21,23,28-32H,7-9,11,14-17,19-20H2,1-6H3,(H,45,52)(H,46,49)(H,47,51)/b22-10-/t21-,23-,28-,29+,31+,32-,40-/m1/s1. The lowest BCUT2D eigenvalue weighted by Gasteiger charge is -2.36. The van der Waals surface area contributed by atoms with Gasteiger partial charge in [0.2, 0.25) is 34.1 Å². The van der Waals surface area contributed by atoms with Crippen LogP contribution in [0.25, 0.3) is 11.0 Å². The maximum Gasteiger partial charge on any atom is 0.408 e. The summed E-state index contributed by atoms with van der Waals surface area (Å²) in [6, 6.07) is 2.74. The Kier molecular flexibility index (Phi) is 10.9. The number of carbonyl (C=O) groups excluding carboxylic acids is 4. The second-order valence-electron chi connectivity index (χ2n) is 17.7. The lowest BCUT2D eigenvalue weighted by molar-refractivity contribution is -0.143. The second kappa shape index (κ2) is 15.2. The molecule has 58 heavy (non-hydrogen) atoms. The Morgan fingerprint density at radius 3 is 2.53 bits per heavy atom. The van der Waals surface area contributed by atoms with Crippen molar-refractivity contribution in [2.45, 2.75) is 133 Å². The summed E-state index contributed by atoms with van der Waals surface area (Å²) < 4.78 is 72.3. The highest BCUT2D eigenvalue weighted by atomic mass is 32.2. The zero-order valence-corrected chi connectivity index (χ0v) is 34.4. The molecule has 2 aromatic rings. The number of sulfonamides is 1. The molecule has 1 saturated heterocycles. The number of ether oxygens (including phenoxy) is 3. The maximum absolute atomic E-state index is 14.8. The van der Waals surface area contributed by atoms with Crippen molar-refractivity contribution >= 4 is 44.9 Å². The number of hydrogen-bond acceptors (Lipinski definition) is 11. The molecule has 2 bridgehead atoms. The van der Waals surface area contributed by atoms with Crippen molar-refractivity contribution in [2.75, 3.05) is 13.7 Å². The van der Waals surface area contributed by atoms with E-state index in [1.807, 2.05) is 0 Å². The van der Waals surface area contributed by atoms with Crippen LogP contribution < -0.4 is 24.8 Å². The number of aromatic nitrogens is 2. The zero-order valence-electron chi connectivity index (χ0n) is 33.6. The van der Waals surface area contributed by atoms with Crippen LogP contribution >= 0.6 is 0 Å². The van der Waals surface area contributed by atoms with E-state index < -0.39 is 98.5 Å². The number of nitrogens with zero attached hydrogens (tertiary/aromatic N) is 3. The first-order chi connectivity index (χ1) is 27.2. The van der Waals surface area contributed by atoms with Crippen LogP contribution in [0.3, 0.4) is 0 Å². The van der Waals surface area contributed by atoms with Gasteiger partial charge in [0, 0.05) is 24.8 Å². The Bertz CT molecular complexity index is 2140. The summed E-state index contributed by atoms with van der Waals surface area (Å²) in [5, 5.41) is 5.37. The Morgan fingerprint density at radius 1 is 1.12 bits per heavy atom. The van der Waals surface area contributed by atoms with Crippen molar-refractivity contribution < 1.29 is 50.6 Å². The van der Waals surface area contributed by atoms with Gasteiger partial charge in [0.05, 0.1) is 29.4 Å². The highest BCUT2D eigenvalue weighted by molar-refractivity contribution is 7.91. The molecule has 18 heteroatoms. The van der Waals surface area contributed by atoms with Gasteiger partial charge in [-0.15, -0.1) is 0 Å². The lowest BCUT2D eigenvalue weighted by atomic mass is 9.85. The molecule has 7 rings (SSSR count). The molecule has 3 aliphatic carbocycles. The van der Waals surface area contributed by atoms with Crippen LogP contribution in [0.5, 0.6) is 11.6 Å². The number of carbonyl (C=O) groups is 4. The number of hydrogen-bond donors (Lipinski definition) is 3. The first-order valence-electron chi connectivity index (χ1n) is 19.9. The summed E-state index contributed by atoms with van der Waals surface area (Å²) in [5.74, 6) is -3.72. The van der Waals surface area contributed by atoms with Crippen molar-refractivity contribution in [3.8, 4) is 11.6 Å². The fourth-order valence-corrected chi connectivity index (χ4v) is 9.31. The van der Waals surface area contributed by atoms with Gasteiger partial charge >= 0.3 is 6.09 Å². The van der Waals surface area contributed by atoms with Crippen molar-refractivity contribution in [3.05, 3.63) is 35.5 Å². The summed E-state index contributed by atoms with van der Waals surface area (Å²) in [6.07, 6.45) is 0.138. The predicted molar refractivity (Wildman–Crippen MR) is 206 cm³/mol. The average Bonchev–Trinajstić information content (AvgIpc) is 4.10. The molecule has 7 atom stereocenters. The van der Waals surface area contributed by atoms with Gasteiger partial charge in [-0.2, -0.15) is 0 Å². The summed E-state index contributed by atoms with van der Waals surface area (Å²) in [5.41, 5.74) is -0.199. The quantitative estimate of drug-likeness (QED) is 0.321. The van der Waals surface area contributed by atoms with Crippen LogP contribution in [0.4, 0.5) is 13.6 Å². The van der Waals surface area contributed by atoms with Gasteiger partial charge in [-0.25, -0.2) is 32.0 Å². The van der Waals surface area contributed by atoms with E-state index >= 15 is 0 Å². The number of aryl methyl sites for hydroxylation is 1. The maximum atomic E-state index is 14.8. The third-order valence-electron chi connectivity index (χ3n) is 12.2. The van der Waals surface area contributed by atoms with Crippen molar-refractivity contribution in [1.82, 2.24) is 30.2 Å². The molecule has 15 nitrogen and oxygen atoms in total. The van der Waals surface area contributed by atoms with Gasteiger partial charge in [0.15, 0.2) is 0 Å². The molecule has 2 aliphatic heterocycles. The normalized spacial score (nSPS) is 30.6. The Morgan fingerprint density at radius 2 is 1.86 bits per heavy atom. The van der Waals surface area contributed by atoms with Gasteiger partial charge in [-0.3, -0.25) is 19.1 Å². The predicted octanol–water partition coefficient (Wildman–Crippen LogP) is 4.33. The number of allylic oxidation sites excluding steroid dienone is 1. The number of methoxy groups -OCH3 is 1. The average molecular weight is 831 g/mol. The third-order valence-corrected chi connectivity index (χ3v) is 14.4. The van der Waals surface area contributed by atoms with E-state index in [2.05, 4.69) is 21.4 Å². The van der Waals surface area contributed by atoms with Crippen LogP contribution in [0.15, 0.2) is 29.8 Å². The highest BCUT2D eigenvalue weighted by Gasteiger charge is 2.65.